The van der Waals surface area contributed by atoms with Gasteiger partial charge in [0.25, 0.3) is 6.01 Å². The van der Waals surface area contributed by atoms with Gasteiger partial charge in [-0.2, -0.15) is 4.98 Å². The van der Waals surface area contributed by atoms with E-state index in [0.29, 0.717) is 6.01 Å². The Labute approximate surface area is 188 Å². The van der Waals surface area contributed by atoms with Gasteiger partial charge in [-0.15, -0.1) is 0 Å². The Balaban J connectivity index is 1.24. The summed E-state index contributed by atoms with van der Waals surface area (Å²) >= 11 is 0. The molecule has 3 aromatic carbocycles. The van der Waals surface area contributed by atoms with Crippen molar-refractivity contribution in [1.82, 2.24) is 10.3 Å². The Morgan fingerprint density at radius 3 is 2.31 bits per heavy atom. The van der Waals surface area contributed by atoms with E-state index in [1.807, 2.05) is 60.7 Å². The van der Waals surface area contributed by atoms with Crippen LogP contribution in [0, 0.1) is 5.92 Å². The number of hydrogen-bond acceptors (Lipinski definition) is 4. The van der Waals surface area contributed by atoms with E-state index in [1.54, 1.807) is 0 Å². The summed E-state index contributed by atoms with van der Waals surface area (Å²) in [7, 11) is 0. The third-order valence-corrected chi connectivity index (χ3v) is 6.22. The molecule has 162 valence electrons. The van der Waals surface area contributed by atoms with Gasteiger partial charge in [-0.25, -0.2) is 0 Å². The zero-order valence-electron chi connectivity index (χ0n) is 18.0. The van der Waals surface area contributed by atoms with Crippen molar-refractivity contribution < 1.29 is 9.21 Å². The average molecular weight is 426 g/mol. The maximum Gasteiger partial charge on any atom is 0.298 e. The van der Waals surface area contributed by atoms with Crippen LogP contribution in [0.1, 0.15) is 30.0 Å². The normalized spacial score (nSPS) is 15.6. The molecular formula is C27H27N3O2. The second-order valence-corrected chi connectivity index (χ2v) is 8.39. The van der Waals surface area contributed by atoms with Crippen molar-refractivity contribution in [3.63, 3.8) is 0 Å². The summed E-state index contributed by atoms with van der Waals surface area (Å²) in [4.78, 5) is 19.9. The van der Waals surface area contributed by atoms with Crippen LogP contribution in [0.5, 0.6) is 0 Å². The van der Waals surface area contributed by atoms with E-state index < -0.39 is 0 Å². The minimum absolute atomic E-state index is 0.00221. The Morgan fingerprint density at radius 2 is 1.59 bits per heavy atom. The molecule has 0 spiro atoms. The maximum atomic E-state index is 13.2. The topological polar surface area (TPSA) is 58.4 Å². The number of amides is 1. The molecule has 1 aliphatic heterocycles. The number of aromatic nitrogens is 1. The first-order chi connectivity index (χ1) is 15.8. The molecule has 1 fully saturated rings. The summed E-state index contributed by atoms with van der Waals surface area (Å²) in [5.74, 6) is 0.129. The Hall–Kier alpha value is -3.60. The SMILES string of the molecule is O=C(N[C@@H](Cc1ccccc1)c1ccccc1)C1CCN(c2nc3ccccc3o2)CC1. The van der Waals surface area contributed by atoms with Gasteiger partial charge >= 0.3 is 0 Å². The molecule has 0 radical (unpaired) electrons. The number of nitrogens with zero attached hydrogens (tertiary/aromatic N) is 2. The number of rotatable bonds is 6. The Bertz CT molecular complexity index is 1130. The highest BCUT2D eigenvalue weighted by molar-refractivity contribution is 5.79. The molecule has 1 saturated heterocycles. The van der Waals surface area contributed by atoms with Crippen LogP contribution in [-0.2, 0) is 11.2 Å². The monoisotopic (exact) mass is 425 g/mol. The highest BCUT2D eigenvalue weighted by atomic mass is 16.4. The lowest BCUT2D eigenvalue weighted by atomic mass is 9.93. The van der Waals surface area contributed by atoms with Crippen LogP contribution < -0.4 is 10.2 Å². The molecule has 1 amide bonds. The summed E-state index contributed by atoms with van der Waals surface area (Å²) in [5, 5.41) is 3.33. The highest BCUT2D eigenvalue weighted by Gasteiger charge is 2.28. The molecule has 32 heavy (non-hydrogen) atoms. The third-order valence-electron chi connectivity index (χ3n) is 6.22. The molecule has 0 saturated carbocycles. The summed E-state index contributed by atoms with van der Waals surface area (Å²) in [6, 6.07) is 29.0. The van der Waals surface area contributed by atoms with Gasteiger partial charge < -0.3 is 14.6 Å². The predicted molar refractivity (Wildman–Crippen MR) is 126 cm³/mol. The molecule has 5 nitrogen and oxygen atoms in total. The molecule has 1 atom stereocenters. The number of anilines is 1. The van der Waals surface area contributed by atoms with Crippen LogP contribution in [0.25, 0.3) is 11.1 Å². The van der Waals surface area contributed by atoms with E-state index in [-0.39, 0.29) is 17.9 Å². The lowest BCUT2D eigenvalue weighted by Crippen LogP contribution is -2.42. The first-order valence-corrected chi connectivity index (χ1v) is 11.3. The molecule has 1 aromatic heterocycles. The Kier molecular flexibility index (Phi) is 5.88. The molecule has 0 bridgehead atoms. The predicted octanol–water partition coefficient (Wildman–Crippen LogP) is 5.14. The molecule has 1 N–H and O–H groups in total. The van der Waals surface area contributed by atoms with Crippen molar-refractivity contribution in [1.29, 1.82) is 0 Å². The van der Waals surface area contributed by atoms with Crippen molar-refractivity contribution in [2.24, 2.45) is 5.92 Å². The van der Waals surface area contributed by atoms with Crippen molar-refractivity contribution in [2.75, 3.05) is 18.0 Å². The smallest absolute Gasteiger partial charge is 0.298 e. The molecule has 0 aliphatic carbocycles. The van der Waals surface area contributed by atoms with Crippen LogP contribution >= 0.6 is 0 Å². The highest BCUT2D eigenvalue weighted by Crippen LogP contribution is 2.27. The molecule has 4 aromatic rings. The van der Waals surface area contributed by atoms with Gasteiger partial charge in [0.2, 0.25) is 5.91 Å². The first kappa shape index (κ1) is 20.3. The molecule has 1 aliphatic rings. The number of carbonyl (C=O) groups is 1. The fourth-order valence-electron chi connectivity index (χ4n) is 4.41. The summed E-state index contributed by atoms with van der Waals surface area (Å²) in [6.07, 6.45) is 2.35. The lowest BCUT2D eigenvalue weighted by Gasteiger charge is -2.31. The van der Waals surface area contributed by atoms with E-state index >= 15 is 0 Å². The van der Waals surface area contributed by atoms with Crippen molar-refractivity contribution in [3.05, 3.63) is 96.1 Å². The van der Waals surface area contributed by atoms with Crippen molar-refractivity contribution in [3.8, 4) is 0 Å². The summed E-state index contributed by atoms with van der Waals surface area (Å²) in [5.41, 5.74) is 4.02. The Morgan fingerprint density at radius 1 is 0.938 bits per heavy atom. The van der Waals surface area contributed by atoms with Gasteiger partial charge in [0.1, 0.15) is 5.52 Å². The van der Waals surface area contributed by atoms with E-state index in [2.05, 4.69) is 39.5 Å². The van der Waals surface area contributed by atoms with E-state index in [4.69, 9.17) is 4.42 Å². The number of nitrogens with one attached hydrogen (secondary N) is 1. The van der Waals surface area contributed by atoms with Crippen molar-refractivity contribution >= 4 is 23.0 Å². The average Bonchev–Trinajstić information content (AvgIpc) is 3.29. The van der Waals surface area contributed by atoms with Gasteiger partial charge in [-0.05, 0) is 42.5 Å². The van der Waals surface area contributed by atoms with Crippen LogP contribution in [0.15, 0.2) is 89.3 Å². The van der Waals surface area contributed by atoms with Gasteiger partial charge in [0.05, 0.1) is 6.04 Å². The second-order valence-electron chi connectivity index (χ2n) is 8.39. The fourth-order valence-corrected chi connectivity index (χ4v) is 4.41. The number of benzene rings is 3. The molecule has 5 heteroatoms. The van der Waals surface area contributed by atoms with Crippen LogP contribution in [0.2, 0.25) is 0 Å². The van der Waals surface area contributed by atoms with E-state index in [1.165, 1.54) is 5.56 Å². The number of para-hydroxylation sites is 2. The number of hydrogen-bond donors (Lipinski definition) is 1. The fraction of sp³-hybridized carbons (Fsp3) is 0.259. The molecule has 2 heterocycles. The minimum Gasteiger partial charge on any atom is -0.423 e. The summed E-state index contributed by atoms with van der Waals surface area (Å²) < 4.78 is 5.91. The van der Waals surface area contributed by atoms with Gasteiger partial charge in [-0.1, -0.05) is 72.8 Å². The van der Waals surface area contributed by atoms with Gasteiger partial charge in [0, 0.05) is 19.0 Å². The molecule has 5 rings (SSSR count). The molecule has 0 unspecified atom stereocenters. The van der Waals surface area contributed by atoms with E-state index in [0.717, 1.165) is 49.0 Å². The number of piperidine rings is 1. The number of carbonyl (C=O) groups excluding carboxylic acids is 1. The standard InChI is InChI=1S/C27H27N3O2/c31-26(28-24(21-11-5-2-6-12-21)19-20-9-3-1-4-10-20)22-15-17-30(18-16-22)27-29-23-13-7-8-14-25(23)32-27/h1-14,22,24H,15-19H2,(H,28,31)/t24-/m0/s1. The van der Waals surface area contributed by atoms with Crippen LogP contribution in [0.3, 0.4) is 0 Å². The second kappa shape index (κ2) is 9.27. The maximum absolute atomic E-state index is 13.2. The van der Waals surface area contributed by atoms with Gasteiger partial charge in [0.15, 0.2) is 5.58 Å². The van der Waals surface area contributed by atoms with Crippen LogP contribution in [-0.4, -0.2) is 24.0 Å². The third kappa shape index (κ3) is 4.52. The number of oxazole rings is 1. The van der Waals surface area contributed by atoms with Crippen LogP contribution in [0.4, 0.5) is 6.01 Å². The number of fused-ring (bicyclic) bond motifs is 1. The lowest BCUT2D eigenvalue weighted by molar-refractivity contribution is -0.126. The summed E-state index contributed by atoms with van der Waals surface area (Å²) in [6.45, 7) is 1.53. The van der Waals surface area contributed by atoms with E-state index in [9.17, 15) is 4.79 Å². The quantitative estimate of drug-likeness (QED) is 0.464. The zero-order valence-corrected chi connectivity index (χ0v) is 18.0. The minimum atomic E-state index is -0.0406. The zero-order chi connectivity index (χ0) is 21.8. The largest absolute Gasteiger partial charge is 0.423 e. The first-order valence-electron chi connectivity index (χ1n) is 11.3. The van der Waals surface area contributed by atoms with Gasteiger partial charge in [-0.3, -0.25) is 4.79 Å². The molecular weight excluding hydrogens is 398 g/mol. The van der Waals surface area contributed by atoms with Crippen molar-refractivity contribution in [2.45, 2.75) is 25.3 Å².